The highest BCUT2D eigenvalue weighted by Crippen LogP contribution is 2.20. The Balaban J connectivity index is 0.000000304. The van der Waals surface area contributed by atoms with Gasteiger partial charge >= 0.3 is 5.51 Å². The summed E-state index contributed by atoms with van der Waals surface area (Å²) in [6.07, 6.45) is 7.12. The van der Waals surface area contributed by atoms with Gasteiger partial charge in [-0.3, -0.25) is 4.48 Å². The van der Waals surface area contributed by atoms with Crippen LogP contribution >= 0.6 is 0 Å². The minimum Gasteiger partial charge on any atom is -0.741 e. The zero-order valence-electron chi connectivity index (χ0n) is 9.31. The number of rotatable bonds is 2. The van der Waals surface area contributed by atoms with Gasteiger partial charge in [0.05, 0.1) is 19.8 Å². The molecule has 0 N–H and O–H groups in total. The molecule has 1 rings (SSSR count). The van der Waals surface area contributed by atoms with Crippen molar-refractivity contribution in [3.05, 3.63) is 12.4 Å². The Labute approximate surface area is 97.6 Å². The van der Waals surface area contributed by atoms with Gasteiger partial charge in [0, 0.05) is 0 Å². The molecule has 1 aliphatic heterocycles. The number of nitrogens with zero attached hydrogens (tertiary/aromatic N) is 2. The van der Waals surface area contributed by atoms with Gasteiger partial charge in [-0.1, -0.05) is 6.92 Å². The normalized spacial score (nSPS) is 23.4. The highest BCUT2D eigenvalue weighted by Gasteiger charge is 2.36. The van der Waals surface area contributed by atoms with Gasteiger partial charge in [-0.05, 0) is 6.42 Å². The van der Waals surface area contributed by atoms with Gasteiger partial charge in [0.1, 0.15) is 6.20 Å². The fourth-order valence-electron chi connectivity index (χ4n) is 1.03. The second-order valence-electron chi connectivity index (χ2n) is 3.53. The van der Waals surface area contributed by atoms with Gasteiger partial charge in [0.25, 0.3) is 0 Å². The topological polar surface area (TPSA) is 69.6 Å². The summed E-state index contributed by atoms with van der Waals surface area (Å²) >= 11 is 0. The Morgan fingerprint density at radius 1 is 1.41 bits per heavy atom. The third kappa shape index (κ3) is 5.80. The molecule has 1 atom stereocenters. The van der Waals surface area contributed by atoms with Crippen molar-refractivity contribution in [1.29, 1.82) is 0 Å². The van der Waals surface area contributed by atoms with E-state index in [1.807, 2.05) is 12.5 Å². The molecule has 0 aromatic heterocycles. The van der Waals surface area contributed by atoms with E-state index < -0.39 is 15.6 Å². The number of alkyl halides is 3. The minimum absolute atomic E-state index is 0.872. The lowest BCUT2D eigenvalue weighted by atomic mass is 10.4. The maximum absolute atomic E-state index is 10.7. The van der Waals surface area contributed by atoms with E-state index in [4.69, 9.17) is 13.0 Å². The molecule has 0 amide bonds. The van der Waals surface area contributed by atoms with E-state index in [0.29, 0.717) is 0 Å². The third-order valence-electron chi connectivity index (χ3n) is 1.81. The molecule has 0 bridgehead atoms. The van der Waals surface area contributed by atoms with Crippen molar-refractivity contribution in [2.45, 2.75) is 18.9 Å². The van der Waals surface area contributed by atoms with E-state index in [-0.39, 0.29) is 0 Å². The van der Waals surface area contributed by atoms with Gasteiger partial charge in [-0.15, -0.1) is 0 Å². The third-order valence-corrected chi connectivity index (χ3v) is 2.38. The Hall–Kier alpha value is -0.930. The van der Waals surface area contributed by atoms with E-state index in [9.17, 15) is 13.2 Å². The van der Waals surface area contributed by atoms with Gasteiger partial charge in [-0.2, -0.15) is 13.2 Å². The number of quaternary nitrogens is 1. The molecular formula is C8H13F3N2O3S. The Morgan fingerprint density at radius 3 is 2.12 bits per heavy atom. The van der Waals surface area contributed by atoms with E-state index in [2.05, 4.69) is 25.2 Å². The average Bonchev–Trinajstić information content (AvgIpc) is 2.50. The zero-order valence-corrected chi connectivity index (χ0v) is 10.1. The first-order chi connectivity index (χ1) is 7.52. The maximum atomic E-state index is 10.7. The first-order valence-electron chi connectivity index (χ1n) is 4.61. The fourth-order valence-corrected chi connectivity index (χ4v) is 1.03. The predicted molar refractivity (Wildman–Crippen MR) is 54.7 cm³/mol. The van der Waals surface area contributed by atoms with Crippen molar-refractivity contribution < 1.29 is 30.6 Å². The first kappa shape index (κ1) is 16.1. The molecule has 17 heavy (non-hydrogen) atoms. The van der Waals surface area contributed by atoms with Crippen molar-refractivity contribution in [2.75, 3.05) is 13.6 Å². The largest absolute Gasteiger partial charge is 0.741 e. The molecule has 1 heterocycles. The lowest BCUT2D eigenvalue weighted by molar-refractivity contribution is -0.756. The van der Waals surface area contributed by atoms with Crippen LogP contribution in [0.15, 0.2) is 17.4 Å². The number of aliphatic imine (C=N–C) groups is 1. The lowest BCUT2D eigenvalue weighted by Gasteiger charge is -2.19. The van der Waals surface area contributed by atoms with Crippen molar-refractivity contribution in [1.82, 2.24) is 0 Å². The quantitative estimate of drug-likeness (QED) is 0.434. The van der Waals surface area contributed by atoms with Crippen LogP contribution in [0.25, 0.3) is 0 Å². The average molecular weight is 274 g/mol. The molecule has 0 radical (unpaired) electrons. The summed E-state index contributed by atoms with van der Waals surface area (Å²) in [4.78, 5) is 4.02. The fraction of sp³-hybridized carbons (Fsp3) is 0.625. The van der Waals surface area contributed by atoms with Crippen LogP contribution in [-0.2, 0) is 10.1 Å². The SMILES string of the molecule is CCC[N+]1(C)C=CN=C1.O=S(=O)([O-])C(F)(F)F. The molecular weight excluding hydrogens is 261 g/mol. The van der Waals surface area contributed by atoms with Crippen molar-refractivity contribution in [3.8, 4) is 0 Å². The molecule has 9 heteroatoms. The lowest BCUT2D eigenvalue weighted by Crippen LogP contribution is -2.35. The van der Waals surface area contributed by atoms with Crippen LogP contribution in [0.4, 0.5) is 13.2 Å². The Bertz CT molecular complexity index is 389. The van der Waals surface area contributed by atoms with Gasteiger partial charge < -0.3 is 4.55 Å². The van der Waals surface area contributed by atoms with Gasteiger partial charge in [0.2, 0.25) is 0 Å². The van der Waals surface area contributed by atoms with Crippen molar-refractivity contribution in [2.24, 2.45) is 4.99 Å². The Kier molecular flexibility index (Phi) is 5.30. The molecule has 0 aromatic carbocycles. The summed E-state index contributed by atoms with van der Waals surface area (Å²) in [5, 5.41) is 0. The highest BCUT2D eigenvalue weighted by molar-refractivity contribution is 7.86. The van der Waals surface area contributed by atoms with Gasteiger partial charge in [0.15, 0.2) is 16.5 Å². The molecule has 1 aliphatic rings. The standard InChI is InChI=1S/C7H13N2.CHF3O3S/c1-3-5-9(2)6-4-8-7-9;2-1(3,4)8(5,6)7/h4,6-7H,3,5H2,1-2H3;(H,5,6,7)/q+1;/p-1. The maximum Gasteiger partial charge on any atom is 0.485 e. The predicted octanol–water partition coefficient (Wildman–Crippen LogP) is 1.41. The molecule has 0 spiro atoms. The second-order valence-corrected chi connectivity index (χ2v) is 4.90. The van der Waals surface area contributed by atoms with Crippen LogP contribution < -0.4 is 0 Å². The molecule has 0 aliphatic carbocycles. The first-order valence-corrected chi connectivity index (χ1v) is 6.02. The summed E-state index contributed by atoms with van der Waals surface area (Å²) < 4.78 is 59.8. The summed E-state index contributed by atoms with van der Waals surface area (Å²) in [5.74, 6) is 0. The summed E-state index contributed by atoms with van der Waals surface area (Å²) in [6.45, 7) is 3.34. The number of hydrogen-bond acceptors (Lipinski definition) is 4. The van der Waals surface area contributed by atoms with Crippen molar-refractivity contribution in [3.63, 3.8) is 0 Å². The summed E-state index contributed by atoms with van der Waals surface area (Å²) in [6, 6.07) is 0. The summed E-state index contributed by atoms with van der Waals surface area (Å²) in [5.41, 5.74) is -5.65. The van der Waals surface area contributed by atoms with E-state index in [1.165, 1.54) is 6.42 Å². The van der Waals surface area contributed by atoms with Crippen LogP contribution in [0.2, 0.25) is 0 Å². The van der Waals surface area contributed by atoms with Crippen LogP contribution in [0.5, 0.6) is 0 Å². The van der Waals surface area contributed by atoms with Crippen molar-refractivity contribution >= 4 is 16.5 Å². The zero-order chi connectivity index (χ0) is 13.7. The summed E-state index contributed by atoms with van der Waals surface area (Å²) in [7, 11) is -3.94. The molecule has 5 nitrogen and oxygen atoms in total. The smallest absolute Gasteiger partial charge is 0.485 e. The molecule has 1 unspecified atom stereocenters. The van der Waals surface area contributed by atoms with E-state index in [1.54, 1.807) is 0 Å². The van der Waals surface area contributed by atoms with Crippen LogP contribution in [0.3, 0.4) is 0 Å². The monoisotopic (exact) mass is 274 g/mol. The minimum atomic E-state index is -6.09. The number of halogens is 3. The molecule has 0 fully saturated rings. The number of hydrogen-bond donors (Lipinski definition) is 0. The van der Waals surface area contributed by atoms with Gasteiger partial charge in [-0.25, -0.2) is 13.4 Å². The van der Waals surface area contributed by atoms with Crippen LogP contribution in [0, 0.1) is 0 Å². The molecule has 0 aromatic rings. The highest BCUT2D eigenvalue weighted by atomic mass is 32.2. The van der Waals surface area contributed by atoms with E-state index >= 15 is 0 Å². The second kappa shape index (κ2) is 5.61. The van der Waals surface area contributed by atoms with Crippen LogP contribution in [0.1, 0.15) is 13.3 Å². The Morgan fingerprint density at radius 2 is 1.88 bits per heavy atom. The van der Waals surface area contributed by atoms with E-state index in [0.717, 1.165) is 11.0 Å². The molecule has 100 valence electrons. The molecule has 0 saturated heterocycles. The molecule has 0 saturated carbocycles. The van der Waals surface area contributed by atoms with Crippen LogP contribution in [-0.4, -0.2) is 42.9 Å².